The topological polar surface area (TPSA) is 33.0 Å². The highest BCUT2D eigenvalue weighted by molar-refractivity contribution is 6.32. The molecule has 0 atom stereocenters. The summed E-state index contributed by atoms with van der Waals surface area (Å²) in [5.74, 6) is 0.453. The van der Waals surface area contributed by atoms with E-state index in [4.69, 9.17) is 16.9 Å². The summed E-state index contributed by atoms with van der Waals surface area (Å²) in [6, 6.07) is 1.74. The van der Waals surface area contributed by atoms with Gasteiger partial charge in [0.2, 0.25) is 0 Å². The SMILES string of the molecule is CO/C(C)=C(/Cl)C#N. The molecule has 2 nitrogen and oxygen atoms in total. The summed E-state index contributed by atoms with van der Waals surface area (Å²) in [4.78, 5) is 0. The Balaban J connectivity index is 4.10. The van der Waals surface area contributed by atoms with Crippen LogP contribution in [0.1, 0.15) is 6.92 Å². The van der Waals surface area contributed by atoms with Gasteiger partial charge in [-0.15, -0.1) is 0 Å². The largest absolute Gasteiger partial charge is 0.499 e. The van der Waals surface area contributed by atoms with Crippen molar-refractivity contribution in [1.29, 1.82) is 5.26 Å². The number of nitriles is 1. The van der Waals surface area contributed by atoms with E-state index in [0.717, 1.165) is 0 Å². The smallest absolute Gasteiger partial charge is 0.155 e. The molecule has 0 N–H and O–H groups in total. The van der Waals surface area contributed by atoms with Gasteiger partial charge in [-0.2, -0.15) is 5.26 Å². The first-order chi connectivity index (χ1) is 3.72. The van der Waals surface area contributed by atoms with Crippen molar-refractivity contribution in [1.82, 2.24) is 0 Å². The van der Waals surface area contributed by atoms with Gasteiger partial charge in [-0.3, -0.25) is 0 Å². The number of hydrogen-bond acceptors (Lipinski definition) is 2. The fourth-order valence-electron chi connectivity index (χ4n) is 0.168. The monoisotopic (exact) mass is 131 g/mol. The maximum Gasteiger partial charge on any atom is 0.155 e. The van der Waals surface area contributed by atoms with Crippen LogP contribution >= 0.6 is 11.6 Å². The van der Waals surface area contributed by atoms with Crippen LogP contribution in [0.3, 0.4) is 0 Å². The lowest BCUT2D eigenvalue weighted by Crippen LogP contribution is -1.80. The van der Waals surface area contributed by atoms with Crippen molar-refractivity contribution >= 4 is 11.6 Å². The maximum absolute atomic E-state index is 8.12. The Morgan fingerprint density at radius 1 is 1.75 bits per heavy atom. The molecule has 0 aliphatic carbocycles. The molecule has 0 aliphatic heterocycles. The molecular weight excluding hydrogens is 126 g/mol. The van der Waals surface area contributed by atoms with E-state index >= 15 is 0 Å². The lowest BCUT2D eigenvalue weighted by Gasteiger charge is -1.94. The fourth-order valence-corrected chi connectivity index (χ4v) is 0.245. The zero-order chi connectivity index (χ0) is 6.57. The Hall–Kier alpha value is -0.680. The molecule has 0 saturated heterocycles. The lowest BCUT2D eigenvalue weighted by atomic mass is 10.5. The van der Waals surface area contributed by atoms with Crippen LogP contribution in [0.5, 0.6) is 0 Å². The second-order valence-electron chi connectivity index (χ2n) is 1.19. The van der Waals surface area contributed by atoms with Gasteiger partial charge in [0, 0.05) is 0 Å². The molecule has 0 bridgehead atoms. The van der Waals surface area contributed by atoms with Crippen molar-refractivity contribution in [2.45, 2.75) is 6.92 Å². The third-order valence-corrected chi connectivity index (χ3v) is 1.06. The predicted molar refractivity (Wildman–Crippen MR) is 31.2 cm³/mol. The number of nitrogens with zero attached hydrogens (tertiary/aromatic N) is 1. The fraction of sp³-hybridized carbons (Fsp3) is 0.400. The second-order valence-corrected chi connectivity index (χ2v) is 1.56. The van der Waals surface area contributed by atoms with E-state index in [1.165, 1.54) is 7.11 Å². The van der Waals surface area contributed by atoms with Crippen LogP contribution in [0.2, 0.25) is 0 Å². The van der Waals surface area contributed by atoms with Gasteiger partial charge in [-0.1, -0.05) is 11.6 Å². The van der Waals surface area contributed by atoms with Crippen molar-refractivity contribution in [2.75, 3.05) is 7.11 Å². The van der Waals surface area contributed by atoms with Gasteiger partial charge < -0.3 is 4.74 Å². The van der Waals surface area contributed by atoms with Crippen LogP contribution in [0, 0.1) is 11.3 Å². The molecule has 8 heavy (non-hydrogen) atoms. The van der Waals surface area contributed by atoms with Gasteiger partial charge in [0.25, 0.3) is 0 Å². The highest BCUT2D eigenvalue weighted by Crippen LogP contribution is 2.06. The summed E-state index contributed by atoms with van der Waals surface area (Å²) in [5.41, 5.74) is 0. The molecule has 0 aromatic rings. The summed E-state index contributed by atoms with van der Waals surface area (Å²) in [7, 11) is 1.47. The average Bonchev–Trinajstić information content (AvgIpc) is 1.84. The van der Waals surface area contributed by atoms with Crippen molar-refractivity contribution in [3.63, 3.8) is 0 Å². The zero-order valence-electron chi connectivity index (χ0n) is 4.73. The summed E-state index contributed by atoms with van der Waals surface area (Å²) in [6.07, 6.45) is 0. The Morgan fingerprint density at radius 2 is 2.25 bits per heavy atom. The lowest BCUT2D eigenvalue weighted by molar-refractivity contribution is 0.293. The standard InChI is InChI=1S/C5H6ClNO/c1-4(8-2)5(6)3-7/h1-2H3/b5-4+. The molecule has 44 valence electrons. The predicted octanol–water partition coefficient (Wildman–Crippen LogP) is 1.63. The minimum absolute atomic E-state index is 0.104. The van der Waals surface area contributed by atoms with Crippen LogP contribution in [0.4, 0.5) is 0 Å². The molecule has 0 spiro atoms. The molecule has 0 unspecified atom stereocenters. The Kier molecular flexibility index (Phi) is 3.05. The molecule has 0 aromatic heterocycles. The van der Waals surface area contributed by atoms with E-state index in [9.17, 15) is 0 Å². The molecule has 0 amide bonds. The number of halogens is 1. The van der Waals surface area contributed by atoms with Crippen molar-refractivity contribution < 1.29 is 4.74 Å². The number of hydrogen-bond donors (Lipinski definition) is 0. The molecule has 3 heteroatoms. The Bertz CT molecular complexity index is 145. The first-order valence-electron chi connectivity index (χ1n) is 2.02. The highest BCUT2D eigenvalue weighted by Gasteiger charge is 1.93. The van der Waals surface area contributed by atoms with E-state index in [1.54, 1.807) is 13.0 Å². The van der Waals surface area contributed by atoms with Gasteiger partial charge >= 0.3 is 0 Å². The van der Waals surface area contributed by atoms with E-state index < -0.39 is 0 Å². The third kappa shape index (κ3) is 1.85. The summed E-state index contributed by atoms with van der Waals surface area (Å²) >= 11 is 5.31. The minimum atomic E-state index is 0.104. The van der Waals surface area contributed by atoms with Gasteiger partial charge in [-0.05, 0) is 6.92 Å². The number of methoxy groups -OCH3 is 1. The first-order valence-corrected chi connectivity index (χ1v) is 2.40. The van der Waals surface area contributed by atoms with E-state index in [0.29, 0.717) is 5.76 Å². The molecule has 0 radical (unpaired) electrons. The second kappa shape index (κ2) is 3.34. The summed E-state index contributed by atoms with van der Waals surface area (Å²) in [5, 5.41) is 8.22. The van der Waals surface area contributed by atoms with Crippen LogP contribution in [-0.2, 0) is 4.74 Å². The average molecular weight is 132 g/mol. The van der Waals surface area contributed by atoms with E-state index in [-0.39, 0.29) is 5.03 Å². The summed E-state index contributed by atoms with van der Waals surface area (Å²) < 4.78 is 4.63. The van der Waals surface area contributed by atoms with Gasteiger partial charge in [0.1, 0.15) is 11.8 Å². The first kappa shape index (κ1) is 7.32. The van der Waals surface area contributed by atoms with Crippen molar-refractivity contribution in [3.05, 3.63) is 10.8 Å². The van der Waals surface area contributed by atoms with Crippen molar-refractivity contribution in [3.8, 4) is 6.07 Å². The van der Waals surface area contributed by atoms with Crippen LogP contribution in [0.25, 0.3) is 0 Å². The van der Waals surface area contributed by atoms with E-state index in [1.807, 2.05) is 0 Å². The van der Waals surface area contributed by atoms with Gasteiger partial charge in [0.15, 0.2) is 5.03 Å². The van der Waals surface area contributed by atoms with Crippen molar-refractivity contribution in [2.24, 2.45) is 0 Å². The quantitative estimate of drug-likeness (QED) is 0.400. The minimum Gasteiger partial charge on any atom is -0.499 e. The molecule has 0 aliphatic rings. The number of ether oxygens (including phenoxy) is 1. The van der Waals surface area contributed by atoms with Gasteiger partial charge in [0.05, 0.1) is 7.11 Å². The number of rotatable bonds is 1. The molecule has 0 rings (SSSR count). The molecule has 0 fully saturated rings. The number of allylic oxidation sites excluding steroid dienone is 2. The van der Waals surface area contributed by atoms with E-state index in [2.05, 4.69) is 4.74 Å². The van der Waals surface area contributed by atoms with Crippen LogP contribution in [-0.4, -0.2) is 7.11 Å². The Labute approximate surface area is 53.3 Å². The van der Waals surface area contributed by atoms with Crippen LogP contribution < -0.4 is 0 Å². The van der Waals surface area contributed by atoms with Crippen LogP contribution in [0.15, 0.2) is 10.8 Å². The maximum atomic E-state index is 8.12. The normalized spacial score (nSPS) is 11.8. The molecule has 0 saturated carbocycles. The highest BCUT2D eigenvalue weighted by atomic mass is 35.5. The molecule has 0 aromatic carbocycles. The molecular formula is C5H6ClNO. The zero-order valence-corrected chi connectivity index (χ0v) is 5.49. The Morgan fingerprint density at radius 3 is 2.38 bits per heavy atom. The van der Waals surface area contributed by atoms with Gasteiger partial charge in [-0.25, -0.2) is 0 Å². The molecule has 0 heterocycles. The third-order valence-electron chi connectivity index (χ3n) is 0.713. The summed E-state index contributed by atoms with van der Waals surface area (Å²) in [6.45, 7) is 1.63.